The topological polar surface area (TPSA) is 107 Å². The predicted molar refractivity (Wildman–Crippen MR) is 101 cm³/mol. The fourth-order valence-corrected chi connectivity index (χ4v) is 4.60. The van der Waals surface area contributed by atoms with Crippen LogP contribution in [0.25, 0.3) is 0 Å². The van der Waals surface area contributed by atoms with E-state index in [-0.39, 0.29) is 17.9 Å². The van der Waals surface area contributed by atoms with Crippen molar-refractivity contribution < 1.29 is 24.6 Å². The Morgan fingerprint density at radius 3 is 2.33 bits per heavy atom. The van der Waals surface area contributed by atoms with Crippen molar-refractivity contribution in [1.82, 2.24) is 10.2 Å². The molecule has 0 aromatic rings. The molecule has 1 aliphatic heterocycles. The third kappa shape index (κ3) is 5.43. The summed E-state index contributed by atoms with van der Waals surface area (Å²) in [6.07, 6.45) is 6.57. The molecule has 0 aromatic heterocycles. The molecular weight excluding hydrogens is 348 g/mol. The molecule has 7 nitrogen and oxygen atoms in total. The maximum Gasteiger partial charge on any atom is 0.326 e. The molecule has 2 rings (SSSR count). The zero-order chi connectivity index (χ0) is 20.1. The molecular formula is C20H34N2O5. The van der Waals surface area contributed by atoms with Crippen LogP contribution in [-0.2, 0) is 14.4 Å². The van der Waals surface area contributed by atoms with Crippen LogP contribution in [0.15, 0.2) is 0 Å². The van der Waals surface area contributed by atoms with Crippen molar-refractivity contribution in [3.05, 3.63) is 0 Å². The van der Waals surface area contributed by atoms with E-state index in [2.05, 4.69) is 19.2 Å². The maximum absolute atomic E-state index is 13.1. The second kappa shape index (κ2) is 9.53. The summed E-state index contributed by atoms with van der Waals surface area (Å²) >= 11 is 0. The number of hydrogen-bond acceptors (Lipinski definition) is 4. The fourth-order valence-electron chi connectivity index (χ4n) is 4.60. The van der Waals surface area contributed by atoms with Crippen LogP contribution in [-0.4, -0.2) is 57.1 Å². The van der Waals surface area contributed by atoms with Gasteiger partial charge in [-0.3, -0.25) is 14.9 Å². The van der Waals surface area contributed by atoms with Gasteiger partial charge in [-0.05, 0) is 44.4 Å². The number of rotatable bonds is 9. The fraction of sp³-hybridized carbons (Fsp3) is 0.850. The number of carbonyl (C=O) groups excluding carboxylic acids is 1. The number of carbonyl (C=O) groups is 3. The van der Waals surface area contributed by atoms with Crippen molar-refractivity contribution in [2.24, 2.45) is 11.8 Å². The molecule has 1 heterocycles. The summed E-state index contributed by atoms with van der Waals surface area (Å²) in [6, 6.07) is -2.33. The molecule has 154 valence electrons. The van der Waals surface area contributed by atoms with Gasteiger partial charge in [-0.1, -0.05) is 39.5 Å². The van der Waals surface area contributed by atoms with Crippen LogP contribution < -0.4 is 5.32 Å². The minimum Gasteiger partial charge on any atom is -0.480 e. The molecule has 2 aliphatic rings. The van der Waals surface area contributed by atoms with E-state index in [0.717, 1.165) is 38.5 Å². The summed E-state index contributed by atoms with van der Waals surface area (Å²) in [5, 5.41) is 22.0. The average Bonchev–Trinajstić information content (AvgIpc) is 2.99. The maximum atomic E-state index is 13.1. The largest absolute Gasteiger partial charge is 0.480 e. The molecule has 0 bridgehead atoms. The Kier molecular flexibility index (Phi) is 7.65. The van der Waals surface area contributed by atoms with Crippen LogP contribution in [0.4, 0.5) is 0 Å². The lowest BCUT2D eigenvalue weighted by atomic mass is 9.84. The first-order valence-corrected chi connectivity index (χ1v) is 10.3. The van der Waals surface area contributed by atoms with E-state index in [1.54, 1.807) is 6.92 Å². The van der Waals surface area contributed by atoms with E-state index >= 15 is 0 Å². The van der Waals surface area contributed by atoms with Gasteiger partial charge in [-0.15, -0.1) is 0 Å². The van der Waals surface area contributed by atoms with Crippen LogP contribution in [0.2, 0.25) is 0 Å². The van der Waals surface area contributed by atoms with E-state index in [9.17, 15) is 24.6 Å². The number of likely N-dealkylation sites (tertiary alicyclic amines) is 1. The second-order valence-electron chi connectivity index (χ2n) is 8.55. The number of hydrogen-bond donors (Lipinski definition) is 3. The first kappa shape index (κ1) is 21.7. The highest BCUT2D eigenvalue weighted by Crippen LogP contribution is 2.40. The van der Waals surface area contributed by atoms with Crippen molar-refractivity contribution in [3.63, 3.8) is 0 Å². The van der Waals surface area contributed by atoms with Gasteiger partial charge in [0.2, 0.25) is 5.91 Å². The van der Waals surface area contributed by atoms with Gasteiger partial charge in [0.25, 0.3) is 0 Å². The van der Waals surface area contributed by atoms with Gasteiger partial charge in [0, 0.05) is 6.04 Å². The minimum atomic E-state index is -0.967. The van der Waals surface area contributed by atoms with Crippen LogP contribution in [0.3, 0.4) is 0 Å². The molecule has 0 radical (unpaired) electrons. The molecule has 3 unspecified atom stereocenters. The van der Waals surface area contributed by atoms with Gasteiger partial charge >= 0.3 is 11.9 Å². The van der Waals surface area contributed by atoms with Crippen LogP contribution in [0, 0.1) is 11.8 Å². The molecule has 5 atom stereocenters. The summed E-state index contributed by atoms with van der Waals surface area (Å²) < 4.78 is 0. The van der Waals surface area contributed by atoms with Crippen molar-refractivity contribution in [3.8, 4) is 0 Å². The van der Waals surface area contributed by atoms with Gasteiger partial charge in [0.15, 0.2) is 0 Å². The number of amides is 1. The highest BCUT2D eigenvalue weighted by atomic mass is 16.4. The molecule has 0 aromatic carbocycles. The molecule has 7 heteroatoms. The number of fused-ring (bicyclic) bond motifs is 1. The summed E-state index contributed by atoms with van der Waals surface area (Å²) in [6.45, 7) is 5.83. The van der Waals surface area contributed by atoms with E-state index in [4.69, 9.17) is 0 Å². The lowest BCUT2D eigenvalue weighted by Gasteiger charge is -2.35. The van der Waals surface area contributed by atoms with Gasteiger partial charge < -0.3 is 15.1 Å². The van der Waals surface area contributed by atoms with E-state index < -0.39 is 30.1 Å². The monoisotopic (exact) mass is 382 g/mol. The van der Waals surface area contributed by atoms with E-state index in [0.29, 0.717) is 18.8 Å². The Balaban J connectivity index is 2.04. The molecule has 3 N–H and O–H groups in total. The lowest BCUT2D eigenvalue weighted by Crippen LogP contribution is -2.55. The molecule has 0 spiro atoms. The van der Waals surface area contributed by atoms with E-state index in [1.807, 2.05) is 0 Å². The third-order valence-electron chi connectivity index (χ3n) is 6.02. The highest BCUT2D eigenvalue weighted by Gasteiger charge is 2.48. The van der Waals surface area contributed by atoms with Crippen LogP contribution in [0.5, 0.6) is 0 Å². The highest BCUT2D eigenvalue weighted by molar-refractivity contribution is 5.88. The van der Waals surface area contributed by atoms with Crippen molar-refractivity contribution in [2.75, 3.05) is 0 Å². The minimum absolute atomic E-state index is 0.0270. The first-order chi connectivity index (χ1) is 12.7. The molecule has 1 saturated heterocycles. The van der Waals surface area contributed by atoms with Gasteiger partial charge in [-0.25, -0.2) is 4.79 Å². The Hall–Kier alpha value is -1.63. The normalized spacial score (nSPS) is 27.3. The number of nitrogens with one attached hydrogen (secondary N) is 1. The molecule has 1 aliphatic carbocycles. The molecule has 27 heavy (non-hydrogen) atoms. The van der Waals surface area contributed by atoms with Crippen molar-refractivity contribution in [2.45, 2.75) is 96.3 Å². The van der Waals surface area contributed by atoms with Crippen LogP contribution in [0.1, 0.15) is 72.1 Å². The average molecular weight is 383 g/mol. The van der Waals surface area contributed by atoms with Gasteiger partial charge in [-0.2, -0.15) is 0 Å². The summed E-state index contributed by atoms with van der Waals surface area (Å²) in [5.41, 5.74) is 0. The summed E-state index contributed by atoms with van der Waals surface area (Å²) in [7, 11) is 0. The Morgan fingerprint density at radius 2 is 1.74 bits per heavy atom. The quantitative estimate of drug-likeness (QED) is 0.566. The summed E-state index contributed by atoms with van der Waals surface area (Å²) in [4.78, 5) is 37.9. The Bertz CT molecular complexity index is 550. The van der Waals surface area contributed by atoms with Gasteiger partial charge in [0.1, 0.15) is 12.1 Å². The number of aliphatic carboxylic acids is 2. The second-order valence-corrected chi connectivity index (χ2v) is 8.55. The Morgan fingerprint density at radius 1 is 1.07 bits per heavy atom. The third-order valence-corrected chi connectivity index (χ3v) is 6.02. The zero-order valence-electron chi connectivity index (χ0n) is 16.7. The lowest BCUT2D eigenvalue weighted by molar-refractivity contribution is -0.151. The molecule has 1 amide bonds. The number of nitrogens with zero attached hydrogens (tertiary/aromatic N) is 1. The van der Waals surface area contributed by atoms with E-state index in [1.165, 1.54) is 4.90 Å². The van der Waals surface area contributed by atoms with Gasteiger partial charge in [0.05, 0.1) is 6.04 Å². The summed E-state index contributed by atoms with van der Waals surface area (Å²) in [5.74, 6) is -1.46. The molecule has 2 fully saturated rings. The van der Waals surface area contributed by atoms with Crippen molar-refractivity contribution >= 4 is 17.8 Å². The van der Waals surface area contributed by atoms with Crippen LogP contribution >= 0.6 is 0 Å². The van der Waals surface area contributed by atoms with Crippen molar-refractivity contribution in [1.29, 1.82) is 0 Å². The standard InChI is InChI=1S/C20H34N2O5/c1-12(2)7-6-9-15(19(24)25)21-13(3)18(23)22-16-10-5-4-8-14(16)11-17(22)20(26)27/h12-17,21H,4-11H2,1-3H3,(H,24,25)(H,26,27)/t13?,14?,15-,16?,17-/m0/s1. The Labute approximate surface area is 161 Å². The number of carboxylic acid groups (broad SMARTS) is 2. The molecule has 1 saturated carbocycles. The smallest absolute Gasteiger partial charge is 0.326 e. The SMILES string of the molecule is CC(C)CCC[C@H](NC(C)C(=O)N1C2CCCCC2C[C@H]1C(=O)O)C(=O)O. The predicted octanol–water partition coefficient (Wildman–Crippen LogP) is 2.49. The zero-order valence-corrected chi connectivity index (χ0v) is 16.7. The first-order valence-electron chi connectivity index (χ1n) is 10.3. The number of carboxylic acids is 2.